The lowest BCUT2D eigenvalue weighted by molar-refractivity contribution is 0.601. The molecule has 4 rings (SSSR count). The summed E-state index contributed by atoms with van der Waals surface area (Å²) in [5.74, 6) is 2.41. The summed E-state index contributed by atoms with van der Waals surface area (Å²) in [4.78, 5) is 13.5. The quantitative estimate of drug-likeness (QED) is 0.706. The topological polar surface area (TPSA) is 32.3 Å². The van der Waals surface area contributed by atoms with Crippen molar-refractivity contribution in [1.29, 1.82) is 0 Å². The zero-order chi connectivity index (χ0) is 12.3. The molecule has 1 aromatic heterocycles. The fourth-order valence-electron chi connectivity index (χ4n) is 3.23. The van der Waals surface area contributed by atoms with E-state index in [0.29, 0.717) is 12.1 Å². The predicted molar refractivity (Wildman–Crippen MR) is 71.2 cm³/mol. The zero-order valence-electron chi connectivity index (χ0n) is 10.4. The van der Waals surface area contributed by atoms with Crippen LogP contribution in [0.25, 0.3) is 0 Å². The molecule has 0 bridgehead atoms. The highest BCUT2D eigenvalue weighted by molar-refractivity contribution is 5.83. The SMILES string of the molecule is CC1c2ccccc2N2c3nccnc3N(C)C12. The largest absolute Gasteiger partial charge is 0.335 e. The lowest BCUT2D eigenvalue weighted by Gasteiger charge is -2.26. The van der Waals surface area contributed by atoms with Crippen LogP contribution in [0.2, 0.25) is 0 Å². The van der Waals surface area contributed by atoms with Crippen molar-refractivity contribution in [3.63, 3.8) is 0 Å². The standard InChI is InChI=1S/C14H14N4/c1-9-10-5-3-4-6-11(10)18-13-12(15-7-8-16-13)17(2)14(9)18/h3-9,14H,1-2H3. The number of nitrogens with zero attached hydrogens (tertiary/aromatic N) is 4. The molecule has 0 amide bonds. The molecular weight excluding hydrogens is 224 g/mol. The number of aromatic nitrogens is 2. The monoisotopic (exact) mass is 238 g/mol. The average Bonchev–Trinajstić information content (AvgIpc) is 2.87. The van der Waals surface area contributed by atoms with Gasteiger partial charge in [-0.15, -0.1) is 0 Å². The summed E-state index contributed by atoms with van der Waals surface area (Å²) in [5, 5.41) is 0. The Balaban J connectivity index is 1.98. The Hall–Kier alpha value is -2.10. The second kappa shape index (κ2) is 3.22. The average molecular weight is 238 g/mol. The summed E-state index contributed by atoms with van der Waals surface area (Å²) in [5.41, 5.74) is 2.66. The van der Waals surface area contributed by atoms with E-state index in [9.17, 15) is 0 Å². The van der Waals surface area contributed by atoms with Crippen LogP contribution < -0.4 is 9.80 Å². The first-order valence-corrected chi connectivity index (χ1v) is 6.21. The third-order valence-corrected chi connectivity index (χ3v) is 4.02. The highest BCUT2D eigenvalue weighted by Gasteiger charge is 2.46. The van der Waals surface area contributed by atoms with Crippen molar-refractivity contribution in [2.24, 2.45) is 0 Å². The van der Waals surface area contributed by atoms with Gasteiger partial charge < -0.3 is 9.80 Å². The molecule has 18 heavy (non-hydrogen) atoms. The third-order valence-electron chi connectivity index (χ3n) is 4.02. The summed E-state index contributed by atoms with van der Waals surface area (Å²) in [7, 11) is 2.10. The zero-order valence-corrected chi connectivity index (χ0v) is 10.4. The van der Waals surface area contributed by atoms with Gasteiger partial charge in [0.1, 0.15) is 6.17 Å². The van der Waals surface area contributed by atoms with Crippen molar-refractivity contribution in [2.45, 2.75) is 19.0 Å². The predicted octanol–water partition coefficient (Wildman–Crippen LogP) is 2.51. The van der Waals surface area contributed by atoms with E-state index >= 15 is 0 Å². The molecule has 0 saturated carbocycles. The number of hydrogen-bond acceptors (Lipinski definition) is 4. The van der Waals surface area contributed by atoms with Gasteiger partial charge in [0.05, 0.1) is 0 Å². The summed E-state index contributed by atoms with van der Waals surface area (Å²) in [6, 6.07) is 8.57. The maximum Gasteiger partial charge on any atom is 0.178 e. The Bertz CT molecular complexity index is 571. The van der Waals surface area contributed by atoms with Gasteiger partial charge in [-0.25, -0.2) is 9.97 Å². The van der Waals surface area contributed by atoms with Gasteiger partial charge in [0, 0.05) is 31.0 Å². The number of anilines is 3. The molecule has 0 N–H and O–H groups in total. The van der Waals surface area contributed by atoms with Crippen LogP contribution in [-0.2, 0) is 0 Å². The van der Waals surface area contributed by atoms with Crippen LogP contribution >= 0.6 is 0 Å². The van der Waals surface area contributed by atoms with Crippen molar-refractivity contribution in [1.82, 2.24) is 9.97 Å². The second-order valence-electron chi connectivity index (χ2n) is 4.95. The van der Waals surface area contributed by atoms with E-state index < -0.39 is 0 Å². The van der Waals surface area contributed by atoms with Crippen molar-refractivity contribution < 1.29 is 0 Å². The summed E-state index contributed by atoms with van der Waals surface area (Å²) in [6.45, 7) is 2.27. The Morgan fingerprint density at radius 3 is 2.61 bits per heavy atom. The van der Waals surface area contributed by atoms with Gasteiger partial charge in [0.25, 0.3) is 0 Å². The molecule has 2 aromatic rings. The van der Waals surface area contributed by atoms with E-state index in [1.165, 1.54) is 11.3 Å². The Morgan fingerprint density at radius 1 is 1.06 bits per heavy atom. The molecule has 1 aromatic carbocycles. The van der Waals surface area contributed by atoms with Crippen molar-refractivity contribution >= 4 is 17.3 Å². The molecule has 3 heterocycles. The van der Waals surface area contributed by atoms with E-state index in [2.05, 4.69) is 58.0 Å². The third kappa shape index (κ3) is 1.01. The summed E-state index contributed by atoms with van der Waals surface area (Å²) in [6.07, 6.45) is 3.83. The van der Waals surface area contributed by atoms with Crippen LogP contribution in [0.1, 0.15) is 18.4 Å². The fraction of sp³-hybridized carbons (Fsp3) is 0.286. The summed E-state index contributed by atoms with van der Waals surface area (Å²) < 4.78 is 0. The molecule has 2 aliphatic rings. The Kier molecular flexibility index (Phi) is 1.77. The number of likely N-dealkylation sites (N-methyl/N-ethyl adjacent to an activating group) is 1. The molecule has 0 saturated heterocycles. The van der Waals surface area contributed by atoms with E-state index in [4.69, 9.17) is 0 Å². The van der Waals surface area contributed by atoms with Crippen LogP contribution in [0.5, 0.6) is 0 Å². The number of fused-ring (bicyclic) bond motifs is 5. The number of hydrogen-bond donors (Lipinski definition) is 0. The first kappa shape index (κ1) is 9.88. The minimum Gasteiger partial charge on any atom is -0.335 e. The van der Waals surface area contributed by atoms with E-state index in [0.717, 1.165) is 11.6 Å². The lowest BCUT2D eigenvalue weighted by Crippen LogP contribution is -2.38. The summed E-state index contributed by atoms with van der Waals surface area (Å²) >= 11 is 0. The molecule has 0 radical (unpaired) electrons. The van der Waals surface area contributed by atoms with Crippen molar-refractivity contribution in [3.05, 3.63) is 42.2 Å². The van der Waals surface area contributed by atoms with Crippen molar-refractivity contribution in [2.75, 3.05) is 16.8 Å². The van der Waals surface area contributed by atoms with Crippen LogP contribution in [-0.4, -0.2) is 23.2 Å². The van der Waals surface area contributed by atoms with Gasteiger partial charge in [-0.1, -0.05) is 25.1 Å². The molecule has 4 heteroatoms. The molecule has 2 unspecified atom stereocenters. The number of benzene rings is 1. The fourth-order valence-corrected chi connectivity index (χ4v) is 3.23. The molecule has 0 fully saturated rings. The minimum absolute atomic E-state index is 0.305. The lowest BCUT2D eigenvalue weighted by atomic mass is 10.0. The molecule has 90 valence electrons. The number of para-hydroxylation sites is 1. The second-order valence-corrected chi connectivity index (χ2v) is 4.95. The minimum atomic E-state index is 0.305. The Labute approximate surface area is 106 Å². The van der Waals surface area contributed by atoms with E-state index in [-0.39, 0.29) is 0 Å². The molecule has 2 aliphatic heterocycles. The van der Waals surface area contributed by atoms with Crippen LogP contribution in [0, 0.1) is 0 Å². The van der Waals surface area contributed by atoms with E-state index in [1.54, 1.807) is 12.4 Å². The van der Waals surface area contributed by atoms with Crippen LogP contribution in [0.15, 0.2) is 36.7 Å². The molecule has 4 nitrogen and oxygen atoms in total. The van der Waals surface area contributed by atoms with Gasteiger partial charge >= 0.3 is 0 Å². The molecule has 0 aliphatic carbocycles. The van der Waals surface area contributed by atoms with Gasteiger partial charge in [0.15, 0.2) is 11.6 Å². The van der Waals surface area contributed by atoms with E-state index in [1.807, 2.05) is 0 Å². The number of rotatable bonds is 0. The van der Waals surface area contributed by atoms with Gasteiger partial charge in [0.2, 0.25) is 0 Å². The van der Waals surface area contributed by atoms with Crippen LogP contribution in [0.4, 0.5) is 17.3 Å². The van der Waals surface area contributed by atoms with Crippen molar-refractivity contribution in [3.8, 4) is 0 Å². The van der Waals surface area contributed by atoms with Gasteiger partial charge in [-0.05, 0) is 11.6 Å². The van der Waals surface area contributed by atoms with Gasteiger partial charge in [-0.2, -0.15) is 0 Å². The molecule has 0 spiro atoms. The van der Waals surface area contributed by atoms with Gasteiger partial charge in [-0.3, -0.25) is 0 Å². The normalized spacial score (nSPS) is 23.9. The van der Waals surface area contributed by atoms with Crippen LogP contribution in [0.3, 0.4) is 0 Å². The smallest absolute Gasteiger partial charge is 0.178 e. The Morgan fingerprint density at radius 2 is 1.78 bits per heavy atom. The first-order chi connectivity index (χ1) is 8.79. The molecule has 2 atom stereocenters. The molecular formula is C14H14N4. The highest BCUT2D eigenvalue weighted by Crippen LogP contribution is 2.51. The highest BCUT2D eigenvalue weighted by atomic mass is 15.5. The maximum atomic E-state index is 4.51. The first-order valence-electron chi connectivity index (χ1n) is 6.21. The maximum absolute atomic E-state index is 4.51.